The van der Waals surface area contributed by atoms with Gasteiger partial charge < -0.3 is 9.32 Å². The van der Waals surface area contributed by atoms with Gasteiger partial charge in [-0.2, -0.15) is 0 Å². The van der Waals surface area contributed by atoms with Gasteiger partial charge in [-0.1, -0.05) is 48.6 Å². The third kappa shape index (κ3) is 3.14. The molecule has 3 rings (SSSR count). The van der Waals surface area contributed by atoms with E-state index >= 15 is 0 Å². The molecule has 108 valence electrons. The molecule has 0 fully saturated rings. The molecule has 21 heavy (non-hydrogen) atoms. The van der Waals surface area contributed by atoms with Crippen molar-refractivity contribution in [1.82, 2.24) is 9.88 Å². The SMILES string of the molecule is CN(C)Cc1nc(-c2ccccc2)c(C2=CC=CCC2)o1. The molecule has 3 nitrogen and oxygen atoms in total. The van der Waals surface area contributed by atoms with Gasteiger partial charge in [-0.3, -0.25) is 0 Å². The minimum Gasteiger partial charge on any atom is -0.439 e. The minimum atomic E-state index is 0.711. The molecule has 0 atom stereocenters. The van der Waals surface area contributed by atoms with Crippen molar-refractivity contribution in [2.24, 2.45) is 0 Å². The van der Waals surface area contributed by atoms with Crippen LogP contribution >= 0.6 is 0 Å². The van der Waals surface area contributed by atoms with Crippen LogP contribution in [0.15, 0.2) is 53.0 Å². The first-order chi connectivity index (χ1) is 10.2. The smallest absolute Gasteiger partial charge is 0.209 e. The number of nitrogens with zero attached hydrogens (tertiary/aromatic N) is 2. The van der Waals surface area contributed by atoms with E-state index in [0.717, 1.165) is 35.7 Å². The summed E-state index contributed by atoms with van der Waals surface area (Å²) in [4.78, 5) is 6.79. The lowest BCUT2D eigenvalue weighted by molar-refractivity contribution is 0.339. The molecule has 0 saturated heterocycles. The van der Waals surface area contributed by atoms with E-state index in [9.17, 15) is 0 Å². The summed E-state index contributed by atoms with van der Waals surface area (Å²) in [7, 11) is 4.04. The lowest BCUT2D eigenvalue weighted by Crippen LogP contribution is -2.10. The van der Waals surface area contributed by atoms with Crippen molar-refractivity contribution < 1.29 is 4.42 Å². The van der Waals surface area contributed by atoms with Crippen LogP contribution in [0.1, 0.15) is 24.5 Å². The maximum Gasteiger partial charge on any atom is 0.209 e. The van der Waals surface area contributed by atoms with Crippen LogP contribution in [0.2, 0.25) is 0 Å². The number of allylic oxidation sites excluding steroid dienone is 4. The number of aromatic nitrogens is 1. The molecule has 1 aliphatic carbocycles. The van der Waals surface area contributed by atoms with Crippen molar-refractivity contribution in [2.45, 2.75) is 19.4 Å². The molecule has 1 aromatic heterocycles. The first kappa shape index (κ1) is 13.8. The average molecular weight is 280 g/mol. The van der Waals surface area contributed by atoms with Crippen LogP contribution in [0.25, 0.3) is 16.8 Å². The molecule has 2 aromatic rings. The Balaban J connectivity index is 2.06. The lowest BCUT2D eigenvalue weighted by atomic mass is 9.99. The van der Waals surface area contributed by atoms with E-state index in [1.165, 1.54) is 5.57 Å². The third-order valence-corrected chi connectivity index (χ3v) is 3.48. The summed E-state index contributed by atoms with van der Waals surface area (Å²) >= 11 is 0. The fourth-order valence-electron chi connectivity index (χ4n) is 2.50. The van der Waals surface area contributed by atoms with Gasteiger partial charge in [0, 0.05) is 5.56 Å². The van der Waals surface area contributed by atoms with E-state index in [1.807, 2.05) is 32.3 Å². The fraction of sp³-hybridized carbons (Fsp3) is 0.278. The number of hydrogen-bond donors (Lipinski definition) is 0. The van der Waals surface area contributed by atoms with Crippen molar-refractivity contribution in [2.75, 3.05) is 14.1 Å². The number of benzene rings is 1. The first-order valence-corrected chi connectivity index (χ1v) is 7.30. The zero-order valence-corrected chi connectivity index (χ0v) is 12.5. The molecular formula is C18H20N2O. The largest absolute Gasteiger partial charge is 0.439 e. The van der Waals surface area contributed by atoms with E-state index < -0.39 is 0 Å². The molecule has 0 radical (unpaired) electrons. The van der Waals surface area contributed by atoms with Gasteiger partial charge in [-0.25, -0.2) is 4.98 Å². The Morgan fingerprint density at radius 3 is 2.67 bits per heavy atom. The van der Waals surface area contributed by atoms with Crippen molar-refractivity contribution in [3.8, 4) is 11.3 Å². The second-order valence-corrected chi connectivity index (χ2v) is 5.55. The maximum absolute atomic E-state index is 6.06. The quantitative estimate of drug-likeness (QED) is 0.843. The summed E-state index contributed by atoms with van der Waals surface area (Å²) in [6, 6.07) is 10.3. The Morgan fingerprint density at radius 2 is 2.00 bits per heavy atom. The summed E-state index contributed by atoms with van der Waals surface area (Å²) < 4.78 is 6.06. The van der Waals surface area contributed by atoms with Crippen molar-refractivity contribution in [3.05, 3.63) is 60.2 Å². The Kier molecular flexibility index (Phi) is 4.02. The Hall–Kier alpha value is -2.13. The summed E-state index contributed by atoms with van der Waals surface area (Å²) in [5.41, 5.74) is 3.29. The maximum atomic E-state index is 6.06. The van der Waals surface area contributed by atoms with Crippen LogP contribution in [0.4, 0.5) is 0 Å². The first-order valence-electron chi connectivity index (χ1n) is 7.30. The monoisotopic (exact) mass is 280 g/mol. The third-order valence-electron chi connectivity index (χ3n) is 3.48. The van der Waals surface area contributed by atoms with Crippen molar-refractivity contribution in [1.29, 1.82) is 0 Å². The molecule has 1 aromatic carbocycles. The van der Waals surface area contributed by atoms with Gasteiger partial charge in [0.2, 0.25) is 5.89 Å². The van der Waals surface area contributed by atoms with Gasteiger partial charge in [0.05, 0.1) is 6.54 Å². The number of rotatable bonds is 4. The van der Waals surface area contributed by atoms with Crippen molar-refractivity contribution in [3.63, 3.8) is 0 Å². The second-order valence-electron chi connectivity index (χ2n) is 5.55. The van der Waals surface area contributed by atoms with Crippen LogP contribution in [-0.4, -0.2) is 24.0 Å². The van der Waals surface area contributed by atoms with Gasteiger partial charge in [0.1, 0.15) is 5.69 Å². The molecule has 0 N–H and O–H groups in total. The Morgan fingerprint density at radius 1 is 1.19 bits per heavy atom. The van der Waals surface area contributed by atoms with Crippen molar-refractivity contribution >= 4 is 5.57 Å². The predicted octanol–water partition coefficient (Wildman–Crippen LogP) is 4.14. The summed E-state index contributed by atoms with van der Waals surface area (Å²) in [5.74, 6) is 1.69. The number of oxazole rings is 1. The molecule has 0 amide bonds. The van der Waals surface area contributed by atoms with Crippen LogP contribution in [0.5, 0.6) is 0 Å². The molecule has 1 heterocycles. The number of hydrogen-bond acceptors (Lipinski definition) is 3. The molecule has 0 aliphatic heterocycles. The highest BCUT2D eigenvalue weighted by molar-refractivity contribution is 5.77. The van der Waals surface area contributed by atoms with E-state index in [4.69, 9.17) is 9.40 Å². The zero-order chi connectivity index (χ0) is 14.7. The molecule has 3 heteroatoms. The predicted molar refractivity (Wildman–Crippen MR) is 85.7 cm³/mol. The van der Waals surface area contributed by atoms with Crippen LogP contribution < -0.4 is 0 Å². The van der Waals surface area contributed by atoms with Gasteiger partial charge >= 0.3 is 0 Å². The molecule has 0 saturated carbocycles. The molecule has 0 bridgehead atoms. The van der Waals surface area contributed by atoms with Gasteiger partial charge in [-0.15, -0.1) is 0 Å². The Labute approximate surface area is 125 Å². The van der Waals surface area contributed by atoms with E-state index in [-0.39, 0.29) is 0 Å². The second kappa shape index (κ2) is 6.10. The average Bonchev–Trinajstić information content (AvgIpc) is 2.92. The van der Waals surface area contributed by atoms with Crippen LogP contribution in [-0.2, 0) is 6.54 Å². The topological polar surface area (TPSA) is 29.3 Å². The zero-order valence-electron chi connectivity index (χ0n) is 12.5. The van der Waals surface area contributed by atoms with E-state index in [1.54, 1.807) is 0 Å². The highest BCUT2D eigenvalue weighted by Gasteiger charge is 2.19. The molecule has 0 unspecified atom stereocenters. The lowest BCUT2D eigenvalue weighted by Gasteiger charge is -2.08. The van der Waals surface area contributed by atoms with E-state index in [2.05, 4.69) is 35.3 Å². The summed E-state index contributed by atoms with van der Waals surface area (Å²) in [6.07, 6.45) is 8.48. The molecule has 1 aliphatic rings. The van der Waals surface area contributed by atoms with Gasteiger partial charge in [-0.05, 0) is 32.5 Å². The Bertz CT molecular complexity index is 666. The minimum absolute atomic E-state index is 0.711. The van der Waals surface area contributed by atoms with Gasteiger partial charge in [0.25, 0.3) is 0 Å². The summed E-state index contributed by atoms with van der Waals surface area (Å²) in [5, 5.41) is 0. The van der Waals surface area contributed by atoms with Crippen LogP contribution in [0.3, 0.4) is 0 Å². The molecular weight excluding hydrogens is 260 g/mol. The van der Waals surface area contributed by atoms with Gasteiger partial charge in [0.15, 0.2) is 5.76 Å². The molecule has 0 spiro atoms. The normalized spacial score (nSPS) is 14.5. The van der Waals surface area contributed by atoms with E-state index in [0.29, 0.717) is 6.54 Å². The summed E-state index contributed by atoms with van der Waals surface area (Å²) in [6.45, 7) is 0.711. The standard InChI is InChI=1S/C18H20N2O/c1-20(2)13-16-19-17(14-9-5-3-6-10-14)18(21-16)15-11-7-4-8-12-15/h3-7,9-11H,8,12-13H2,1-2H3. The highest BCUT2D eigenvalue weighted by Crippen LogP contribution is 2.33. The van der Waals surface area contributed by atoms with Crippen LogP contribution in [0, 0.1) is 0 Å². The highest BCUT2D eigenvalue weighted by atomic mass is 16.4. The fourth-order valence-corrected chi connectivity index (χ4v) is 2.50.